The molecule has 0 radical (unpaired) electrons. The zero-order valence-corrected chi connectivity index (χ0v) is 15.1. The zero-order chi connectivity index (χ0) is 18.1. The molecule has 0 bridgehead atoms. The van der Waals surface area contributed by atoms with E-state index >= 15 is 0 Å². The summed E-state index contributed by atoms with van der Waals surface area (Å²) < 4.78 is 16.3. The predicted octanol–water partition coefficient (Wildman–Crippen LogP) is 2.58. The Balaban J connectivity index is 1.80. The van der Waals surface area contributed by atoms with E-state index in [-0.39, 0.29) is 12.6 Å². The summed E-state index contributed by atoms with van der Waals surface area (Å²) in [6.07, 6.45) is 0.821. The molecule has 1 atom stereocenters. The minimum atomic E-state index is -0.111. The molecule has 0 aromatic heterocycles. The van der Waals surface area contributed by atoms with Crippen LogP contribution in [0.25, 0.3) is 0 Å². The van der Waals surface area contributed by atoms with Crippen LogP contribution in [0.2, 0.25) is 0 Å². The molecular weight excluding hydrogens is 318 g/mol. The molecule has 5 nitrogen and oxygen atoms in total. The number of hydrogen-bond donors (Lipinski definition) is 2. The standard InChI is InChI=1S/C20H27NO4/c1-15-5-4-6-18(11-15)25-14-17(13-22)21-10-9-16-7-8-19(23-2)20(12-16)24-3/h4-8,11-12,17,21-22H,9-10,13-14H2,1-3H3/t17-/m0/s1. The van der Waals surface area contributed by atoms with Crippen LogP contribution < -0.4 is 19.5 Å². The lowest BCUT2D eigenvalue weighted by Crippen LogP contribution is -2.38. The van der Waals surface area contributed by atoms with Crippen molar-refractivity contribution in [2.45, 2.75) is 19.4 Å². The summed E-state index contributed by atoms with van der Waals surface area (Å²) in [5.41, 5.74) is 2.29. The van der Waals surface area contributed by atoms with Crippen LogP contribution in [0, 0.1) is 6.92 Å². The Bertz CT molecular complexity index is 660. The van der Waals surface area contributed by atoms with Crippen LogP contribution in [-0.4, -0.2) is 45.1 Å². The normalized spacial score (nSPS) is 11.8. The molecule has 2 aromatic rings. The van der Waals surface area contributed by atoms with Gasteiger partial charge in [0.25, 0.3) is 0 Å². The van der Waals surface area contributed by atoms with Crippen molar-refractivity contribution in [1.29, 1.82) is 0 Å². The van der Waals surface area contributed by atoms with E-state index in [4.69, 9.17) is 14.2 Å². The molecule has 0 fully saturated rings. The lowest BCUT2D eigenvalue weighted by Gasteiger charge is -2.17. The second-order valence-electron chi connectivity index (χ2n) is 5.90. The topological polar surface area (TPSA) is 60.0 Å². The Hall–Kier alpha value is -2.24. The molecule has 0 saturated carbocycles. The lowest BCUT2D eigenvalue weighted by atomic mass is 10.1. The molecule has 0 amide bonds. The van der Waals surface area contributed by atoms with E-state index in [2.05, 4.69) is 5.32 Å². The van der Waals surface area contributed by atoms with Gasteiger partial charge in [-0.15, -0.1) is 0 Å². The molecule has 5 heteroatoms. The van der Waals surface area contributed by atoms with E-state index in [1.807, 2.05) is 49.4 Å². The van der Waals surface area contributed by atoms with Crippen molar-refractivity contribution in [2.75, 3.05) is 34.0 Å². The van der Waals surface area contributed by atoms with Gasteiger partial charge in [0.15, 0.2) is 11.5 Å². The van der Waals surface area contributed by atoms with Gasteiger partial charge in [-0.25, -0.2) is 0 Å². The highest BCUT2D eigenvalue weighted by atomic mass is 16.5. The molecule has 2 N–H and O–H groups in total. The fraction of sp³-hybridized carbons (Fsp3) is 0.400. The van der Waals surface area contributed by atoms with E-state index in [0.29, 0.717) is 6.61 Å². The quantitative estimate of drug-likeness (QED) is 0.693. The van der Waals surface area contributed by atoms with Crippen LogP contribution in [-0.2, 0) is 6.42 Å². The Morgan fingerprint density at radius 2 is 1.84 bits per heavy atom. The van der Waals surface area contributed by atoms with Crippen molar-refractivity contribution in [3.8, 4) is 17.2 Å². The van der Waals surface area contributed by atoms with E-state index in [1.165, 1.54) is 0 Å². The summed E-state index contributed by atoms with van der Waals surface area (Å²) in [4.78, 5) is 0. The maximum Gasteiger partial charge on any atom is 0.160 e. The van der Waals surface area contributed by atoms with Crippen molar-refractivity contribution >= 4 is 0 Å². The average molecular weight is 345 g/mol. The fourth-order valence-electron chi connectivity index (χ4n) is 2.53. The number of nitrogens with one attached hydrogen (secondary N) is 1. The third-order valence-corrected chi connectivity index (χ3v) is 3.96. The van der Waals surface area contributed by atoms with Crippen molar-refractivity contribution in [2.24, 2.45) is 0 Å². The van der Waals surface area contributed by atoms with E-state index in [1.54, 1.807) is 14.2 Å². The van der Waals surface area contributed by atoms with E-state index < -0.39 is 0 Å². The van der Waals surface area contributed by atoms with Gasteiger partial charge < -0.3 is 24.6 Å². The van der Waals surface area contributed by atoms with Gasteiger partial charge in [0, 0.05) is 0 Å². The molecule has 25 heavy (non-hydrogen) atoms. The van der Waals surface area contributed by atoms with Gasteiger partial charge in [-0.2, -0.15) is 0 Å². The number of hydrogen-bond acceptors (Lipinski definition) is 5. The maximum absolute atomic E-state index is 9.53. The number of methoxy groups -OCH3 is 2. The van der Waals surface area contributed by atoms with Crippen LogP contribution in [0.5, 0.6) is 17.2 Å². The van der Waals surface area contributed by atoms with Crippen molar-refractivity contribution in [1.82, 2.24) is 5.32 Å². The molecule has 0 heterocycles. The minimum Gasteiger partial charge on any atom is -0.493 e. The van der Waals surface area contributed by atoms with Gasteiger partial charge in [0.2, 0.25) is 0 Å². The molecule has 136 valence electrons. The Morgan fingerprint density at radius 3 is 2.52 bits per heavy atom. The van der Waals surface area contributed by atoms with Gasteiger partial charge in [-0.3, -0.25) is 0 Å². The number of aliphatic hydroxyl groups is 1. The minimum absolute atomic E-state index is 0.0255. The Kier molecular flexibility index (Phi) is 7.57. The smallest absolute Gasteiger partial charge is 0.160 e. The highest BCUT2D eigenvalue weighted by Crippen LogP contribution is 2.27. The number of benzene rings is 2. The molecule has 0 spiro atoms. The van der Waals surface area contributed by atoms with Crippen LogP contribution in [0.1, 0.15) is 11.1 Å². The first-order valence-corrected chi connectivity index (χ1v) is 8.41. The largest absolute Gasteiger partial charge is 0.493 e. The van der Waals surface area contributed by atoms with Gasteiger partial charge in [0.1, 0.15) is 12.4 Å². The second-order valence-corrected chi connectivity index (χ2v) is 5.90. The summed E-state index contributed by atoms with van der Waals surface area (Å²) in [7, 11) is 3.25. The maximum atomic E-state index is 9.53. The van der Waals surface area contributed by atoms with Gasteiger partial charge in [0.05, 0.1) is 26.9 Å². The van der Waals surface area contributed by atoms with Crippen LogP contribution >= 0.6 is 0 Å². The molecule has 0 unspecified atom stereocenters. The summed E-state index contributed by atoms with van der Waals surface area (Å²) in [6, 6.07) is 13.7. The summed E-state index contributed by atoms with van der Waals surface area (Å²) in [5.74, 6) is 2.26. The molecule has 2 aromatic carbocycles. The molecule has 0 saturated heterocycles. The highest BCUT2D eigenvalue weighted by Gasteiger charge is 2.09. The summed E-state index contributed by atoms with van der Waals surface area (Å²) in [5, 5.41) is 12.8. The van der Waals surface area contributed by atoms with Crippen LogP contribution in [0.4, 0.5) is 0 Å². The van der Waals surface area contributed by atoms with Crippen LogP contribution in [0.15, 0.2) is 42.5 Å². The van der Waals surface area contributed by atoms with Gasteiger partial charge >= 0.3 is 0 Å². The fourth-order valence-corrected chi connectivity index (χ4v) is 2.53. The SMILES string of the molecule is COc1ccc(CCN[C@@H](CO)COc2cccc(C)c2)cc1OC. The summed E-state index contributed by atoms with van der Waals surface area (Å²) in [6.45, 7) is 3.21. The first-order chi connectivity index (χ1) is 12.2. The number of aryl methyl sites for hydroxylation is 1. The molecule has 0 aliphatic carbocycles. The van der Waals surface area contributed by atoms with Crippen molar-refractivity contribution in [3.05, 3.63) is 53.6 Å². The molecular formula is C20H27NO4. The molecule has 2 rings (SSSR count). The Morgan fingerprint density at radius 1 is 1.04 bits per heavy atom. The van der Waals surface area contributed by atoms with Crippen molar-refractivity contribution < 1.29 is 19.3 Å². The average Bonchev–Trinajstić information content (AvgIpc) is 2.64. The summed E-state index contributed by atoms with van der Waals surface area (Å²) >= 11 is 0. The first kappa shape index (κ1) is 19.1. The number of rotatable bonds is 10. The predicted molar refractivity (Wildman–Crippen MR) is 98.8 cm³/mol. The number of ether oxygens (including phenoxy) is 3. The molecule has 0 aliphatic heterocycles. The molecule has 0 aliphatic rings. The second kappa shape index (κ2) is 9.91. The monoisotopic (exact) mass is 345 g/mol. The van der Waals surface area contributed by atoms with Gasteiger partial charge in [-0.1, -0.05) is 18.2 Å². The highest BCUT2D eigenvalue weighted by molar-refractivity contribution is 5.42. The number of aliphatic hydroxyl groups excluding tert-OH is 1. The van der Waals surface area contributed by atoms with Gasteiger partial charge in [-0.05, 0) is 55.3 Å². The van der Waals surface area contributed by atoms with E-state index in [0.717, 1.165) is 41.3 Å². The van der Waals surface area contributed by atoms with Crippen LogP contribution in [0.3, 0.4) is 0 Å². The first-order valence-electron chi connectivity index (χ1n) is 8.41. The zero-order valence-electron chi connectivity index (χ0n) is 15.1. The lowest BCUT2D eigenvalue weighted by molar-refractivity contribution is 0.183. The third-order valence-electron chi connectivity index (χ3n) is 3.96. The Labute approximate surface area is 149 Å². The third kappa shape index (κ3) is 5.96. The van der Waals surface area contributed by atoms with E-state index in [9.17, 15) is 5.11 Å². The van der Waals surface area contributed by atoms with Crippen molar-refractivity contribution in [3.63, 3.8) is 0 Å².